The van der Waals surface area contributed by atoms with Gasteiger partial charge in [0.25, 0.3) is 0 Å². The van der Waals surface area contributed by atoms with Gasteiger partial charge in [0.05, 0.1) is 11.1 Å². The Kier molecular flexibility index (Phi) is 5.25. The molecule has 0 saturated carbocycles. The van der Waals surface area contributed by atoms with Crippen molar-refractivity contribution in [3.8, 4) is 0 Å². The van der Waals surface area contributed by atoms with Crippen molar-refractivity contribution >= 4 is 11.9 Å². The molecule has 0 saturated heterocycles. The van der Waals surface area contributed by atoms with E-state index in [4.69, 9.17) is 0 Å². The van der Waals surface area contributed by atoms with Crippen molar-refractivity contribution in [2.24, 2.45) is 5.92 Å². The van der Waals surface area contributed by atoms with Crippen LogP contribution >= 0.6 is 0 Å². The lowest BCUT2D eigenvalue weighted by Crippen LogP contribution is -2.40. The molecular formula is C18H20F3NO3. The van der Waals surface area contributed by atoms with Gasteiger partial charge in [0, 0.05) is 24.6 Å². The molecule has 136 valence electrons. The third-order valence-corrected chi connectivity index (χ3v) is 4.24. The van der Waals surface area contributed by atoms with E-state index < -0.39 is 23.6 Å². The summed E-state index contributed by atoms with van der Waals surface area (Å²) in [4.78, 5) is 25.6. The first-order valence-corrected chi connectivity index (χ1v) is 7.94. The van der Waals surface area contributed by atoms with Gasteiger partial charge in [-0.3, -0.25) is 4.79 Å². The van der Waals surface area contributed by atoms with Gasteiger partial charge in [-0.2, -0.15) is 13.2 Å². The number of benzene rings is 1. The van der Waals surface area contributed by atoms with Crippen LogP contribution in [0.2, 0.25) is 0 Å². The predicted molar refractivity (Wildman–Crippen MR) is 85.7 cm³/mol. The summed E-state index contributed by atoms with van der Waals surface area (Å²) in [5.41, 5.74) is -0.0120. The third kappa shape index (κ3) is 4.03. The van der Waals surface area contributed by atoms with Gasteiger partial charge in [-0.05, 0) is 30.5 Å². The molecule has 1 N–H and O–H groups in total. The van der Waals surface area contributed by atoms with Crippen LogP contribution in [0.25, 0.3) is 0 Å². The minimum absolute atomic E-state index is 0.0556. The maximum atomic E-state index is 12.7. The molecule has 1 aliphatic rings. The lowest BCUT2D eigenvalue weighted by atomic mass is 9.83. The van der Waals surface area contributed by atoms with Gasteiger partial charge in [0.2, 0.25) is 5.91 Å². The number of amides is 1. The highest BCUT2D eigenvalue weighted by molar-refractivity contribution is 5.94. The van der Waals surface area contributed by atoms with Crippen LogP contribution in [-0.2, 0) is 15.8 Å². The van der Waals surface area contributed by atoms with Gasteiger partial charge in [0.1, 0.15) is 0 Å². The molecule has 1 aliphatic heterocycles. The number of rotatable bonds is 4. The highest BCUT2D eigenvalue weighted by Gasteiger charge is 2.37. The first-order chi connectivity index (χ1) is 11.5. The molecule has 2 rings (SSSR count). The van der Waals surface area contributed by atoms with E-state index in [-0.39, 0.29) is 23.8 Å². The number of halogens is 3. The average Bonchev–Trinajstić information content (AvgIpc) is 2.49. The minimum atomic E-state index is -4.46. The zero-order chi connectivity index (χ0) is 18.9. The highest BCUT2D eigenvalue weighted by atomic mass is 19.4. The fourth-order valence-corrected chi connectivity index (χ4v) is 3.07. The normalized spacial score (nSPS) is 18.9. The van der Waals surface area contributed by atoms with E-state index in [2.05, 4.69) is 0 Å². The second kappa shape index (κ2) is 6.90. The Bertz CT molecular complexity index is 705. The lowest BCUT2D eigenvalue weighted by Gasteiger charge is -2.34. The quantitative estimate of drug-likeness (QED) is 0.887. The summed E-state index contributed by atoms with van der Waals surface area (Å²) in [6.07, 6.45) is -4.53. The Morgan fingerprint density at radius 2 is 1.84 bits per heavy atom. The number of carboxylic acid groups (broad SMARTS) is 1. The van der Waals surface area contributed by atoms with Crippen molar-refractivity contribution < 1.29 is 27.9 Å². The van der Waals surface area contributed by atoms with Gasteiger partial charge in [-0.1, -0.05) is 26.0 Å². The molecule has 1 aromatic rings. The zero-order valence-corrected chi connectivity index (χ0v) is 14.2. The highest BCUT2D eigenvalue weighted by Crippen LogP contribution is 2.38. The summed E-state index contributed by atoms with van der Waals surface area (Å²) in [5.74, 6) is -1.97. The largest absolute Gasteiger partial charge is 0.478 e. The fraction of sp³-hybridized carbons (Fsp3) is 0.444. The standard InChI is InChI=1S/C18H20F3NO3/c1-10(2)9-22-11(3)16(17(24)25)14(8-15(22)23)12-4-6-13(7-5-12)18(19,20)21/h4-7,10,14H,8-9H2,1-3H3,(H,24,25). The molecule has 0 bridgehead atoms. The van der Waals surface area contributed by atoms with Crippen molar-refractivity contribution in [3.05, 3.63) is 46.7 Å². The first-order valence-electron chi connectivity index (χ1n) is 7.94. The third-order valence-electron chi connectivity index (χ3n) is 4.24. The van der Waals surface area contributed by atoms with E-state index in [1.54, 1.807) is 6.92 Å². The minimum Gasteiger partial charge on any atom is -0.478 e. The van der Waals surface area contributed by atoms with Gasteiger partial charge in [0.15, 0.2) is 0 Å². The van der Waals surface area contributed by atoms with E-state index in [1.807, 2.05) is 13.8 Å². The van der Waals surface area contributed by atoms with Crippen molar-refractivity contribution in [3.63, 3.8) is 0 Å². The molecule has 25 heavy (non-hydrogen) atoms. The van der Waals surface area contributed by atoms with Crippen molar-refractivity contribution in [1.29, 1.82) is 0 Å². The summed E-state index contributed by atoms with van der Waals surface area (Å²) in [6, 6.07) is 4.31. The molecule has 0 fully saturated rings. The average molecular weight is 355 g/mol. The van der Waals surface area contributed by atoms with E-state index >= 15 is 0 Å². The molecule has 0 aromatic heterocycles. The Morgan fingerprint density at radius 3 is 2.28 bits per heavy atom. The molecule has 0 aliphatic carbocycles. The van der Waals surface area contributed by atoms with Crippen LogP contribution in [0.15, 0.2) is 35.5 Å². The topological polar surface area (TPSA) is 57.6 Å². The summed E-state index contributed by atoms with van der Waals surface area (Å²) < 4.78 is 38.1. The Labute approximate surface area is 143 Å². The number of nitrogens with zero attached hydrogens (tertiary/aromatic N) is 1. The molecule has 1 amide bonds. The smallest absolute Gasteiger partial charge is 0.416 e. The molecule has 0 spiro atoms. The first kappa shape index (κ1) is 19.0. The molecule has 0 radical (unpaired) electrons. The van der Waals surface area contributed by atoms with Crippen LogP contribution in [-0.4, -0.2) is 28.4 Å². The molecule has 1 atom stereocenters. The predicted octanol–water partition coefficient (Wildman–Crippen LogP) is 4.04. The molecular weight excluding hydrogens is 335 g/mol. The fourth-order valence-electron chi connectivity index (χ4n) is 3.07. The van der Waals surface area contributed by atoms with Crippen molar-refractivity contribution in [1.82, 2.24) is 4.90 Å². The maximum absolute atomic E-state index is 12.7. The SMILES string of the molecule is CC1=C(C(=O)O)C(c2ccc(C(F)(F)F)cc2)CC(=O)N1CC(C)C. The van der Waals surface area contributed by atoms with Crippen LogP contribution in [0.3, 0.4) is 0 Å². The maximum Gasteiger partial charge on any atom is 0.416 e. The monoisotopic (exact) mass is 355 g/mol. The number of carboxylic acids is 1. The summed E-state index contributed by atoms with van der Waals surface area (Å²) in [5, 5.41) is 9.59. The lowest BCUT2D eigenvalue weighted by molar-refractivity contribution is -0.138. The van der Waals surface area contributed by atoms with Gasteiger partial charge >= 0.3 is 12.1 Å². The van der Waals surface area contributed by atoms with Gasteiger partial charge in [-0.25, -0.2) is 4.79 Å². The van der Waals surface area contributed by atoms with E-state index in [9.17, 15) is 27.9 Å². The Balaban J connectivity index is 2.45. The number of aliphatic carboxylic acids is 1. The van der Waals surface area contributed by atoms with E-state index in [1.165, 1.54) is 17.0 Å². The molecule has 4 nitrogen and oxygen atoms in total. The second-order valence-corrected chi connectivity index (χ2v) is 6.58. The van der Waals surface area contributed by atoms with E-state index in [0.717, 1.165) is 12.1 Å². The Morgan fingerprint density at radius 1 is 1.28 bits per heavy atom. The second-order valence-electron chi connectivity index (χ2n) is 6.58. The number of carbonyl (C=O) groups excluding carboxylic acids is 1. The molecule has 1 heterocycles. The van der Waals surface area contributed by atoms with Crippen LogP contribution in [0.1, 0.15) is 44.2 Å². The van der Waals surface area contributed by atoms with Crippen LogP contribution in [0.4, 0.5) is 13.2 Å². The summed E-state index contributed by atoms with van der Waals surface area (Å²) in [6.45, 7) is 5.81. The number of hydrogen-bond donors (Lipinski definition) is 1. The van der Waals surface area contributed by atoms with Gasteiger partial charge < -0.3 is 10.0 Å². The van der Waals surface area contributed by atoms with Crippen molar-refractivity contribution in [2.75, 3.05) is 6.54 Å². The summed E-state index contributed by atoms with van der Waals surface area (Å²) in [7, 11) is 0. The number of allylic oxidation sites excluding steroid dienone is 1. The molecule has 7 heteroatoms. The number of carbonyl (C=O) groups is 2. The van der Waals surface area contributed by atoms with Crippen LogP contribution < -0.4 is 0 Å². The number of hydrogen-bond acceptors (Lipinski definition) is 2. The van der Waals surface area contributed by atoms with Crippen molar-refractivity contribution in [2.45, 2.75) is 39.3 Å². The molecule has 1 aromatic carbocycles. The Hall–Kier alpha value is -2.31. The molecule has 1 unspecified atom stereocenters. The zero-order valence-electron chi connectivity index (χ0n) is 14.2. The van der Waals surface area contributed by atoms with Crippen LogP contribution in [0.5, 0.6) is 0 Å². The van der Waals surface area contributed by atoms with E-state index in [0.29, 0.717) is 17.8 Å². The van der Waals surface area contributed by atoms with Crippen LogP contribution in [0, 0.1) is 5.92 Å². The number of alkyl halides is 3. The summed E-state index contributed by atoms with van der Waals surface area (Å²) >= 11 is 0. The van der Waals surface area contributed by atoms with Gasteiger partial charge in [-0.15, -0.1) is 0 Å².